The van der Waals surface area contributed by atoms with E-state index >= 15 is 0 Å². The van der Waals surface area contributed by atoms with Gasteiger partial charge in [0.1, 0.15) is 5.84 Å². The first kappa shape index (κ1) is 9.26. The topological polar surface area (TPSA) is 49.9 Å². The molecular weight excluding hydrogens is 176 g/mol. The van der Waals surface area contributed by atoms with E-state index in [1.54, 1.807) is 0 Å². The van der Waals surface area contributed by atoms with Gasteiger partial charge in [-0.25, -0.2) is 0 Å². The lowest BCUT2D eigenvalue weighted by molar-refractivity contribution is 0.909. The Kier molecular flexibility index (Phi) is 3.13. The molecule has 0 aromatic rings. The molecule has 1 aliphatic heterocycles. The number of rotatable bonds is 1. The summed E-state index contributed by atoms with van der Waals surface area (Å²) in [7, 11) is 0. The van der Waals surface area contributed by atoms with Crippen molar-refractivity contribution in [1.82, 2.24) is 0 Å². The Labute approximate surface area is 76.2 Å². The standard InChI is InChI=1S/C7H14N2S2/c1-4-5(2)11-6(3-10-4)7(8)9/h4-6H,3H2,1-2H3,(H3,8,9). The fourth-order valence-corrected chi connectivity index (χ4v) is 3.74. The van der Waals surface area contributed by atoms with Crippen molar-refractivity contribution >= 4 is 29.4 Å². The second kappa shape index (κ2) is 3.72. The first-order valence-electron chi connectivity index (χ1n) is 3.72. The average Bonchev–Trinajstić information content (AvgIpc) is 1.94. The molecule has 0 aromatic heterocycles. The number of thioether (sulfide) groups is 2. The number of nitrogens with two attached hydrogens (primary N) is 1. The first-order chi connectivity index (χ1) is 5.11. The highest BCUT2D eigenvalue weighted by atomic mass is 32.2. The minimum atomic E-state index is 0.256. The van der Waals surface area contributed by atoms with Crippen molar-refractivity contribution in [3.05, 3.63) is 0 Å². The fourth-order valence-electron chi connectivity index (χ4n) is 0.947. The molecule has 0 saturated carbocycles. The highest BCUT2D eigenvalue weighted by molar-refractivity contribution is 8.08. The van der Waals surface area contributed by atoms with Crippen molar-refractivity contribution in [3.8, 4) is 0 Å². The SMILES string of the molecule is CC1SCC(C(=N)N)SC1C. The molecule has 2 nitrogen and oxygen atoms in total. The van der Waals surface area contributed by atoms with E-state index in [9.17, 15) is 0 Å². The number of hydrogen-bond donors (Lipinski definition) is 2. The zero-order valence-corrected chi connectivity index (χ0v) is 8.47. The van der Waals surface area contributed by atoms with Gasteiger partial charge in [-0.3, -0.25) is 5.41 Å². The van der Waals surface area contributed by atoms with Crippen LogP contribution in [0.1, 0.15) is 13.8 Å². The van der Waals surface area contributed by atoms with E-state index in [1.165, 1.54) is 0 Å². The highest BCUT2D eigenvalue weighted by Crippen LogP contribution is 2.35. The van der Waals surface area contributed by atoms with E-state index in [0.717, 1.165) is 5.75 Å². The van der Waals surface area contributed by atoms with Gasteiger partial charge in [0, 0.05) is 16.3 Å². The van der Waals surface area contributed by atoms with Crippen LogP contribution in [0.5, 0.6) is 0 Å². The molecule has 4 heteroatoms. The van der Waals surface area contributed by atoms with E-state index in [-0.39, 0.29) is 5.25 Å². The maximum atomic E-state index is 7.29. The van der Waals surface area contributed by atoms with Gasteiger partial charge < -0.3 is 5.73 Å². The summed E-state index contributed by atoms with van der Waals surface area (Å²) in [6, 6.07) is 0. The Hall–Kier alpha value is 0.170. The molecule has 64 valence electrons. The summed E-state index contributed by atoms with van der Waals surface area (Å²) in [6.07, 6.45) is 0. The van der Waals surface area contributed by atoms with Gasteiger partial charge in [0.2, 0.25) is 0 Å². The molecule has 0 bridgehead atoms. The molecule has 0 spiro atoms. The third kappa shape index (κ3) is 2.30. The summed E-state index contributed by atoms with van der Waals surface area (Å²) in [6.45, 7) is 4.44. The highest BCUT2D eigenvalue weighted by Gasteiger charge is 2.26. The lowest BCUT2D eigenvalue weighted by Crippen LogP contribution is -2.35. The maximum absolute atomic E-state index is 7.29. The number of hydrogen-bond acceptors (Lipinski definition) is 3. The molecule has 0 aromatic carbocycles. The van der Waals surface area contributed by atoms with E-state index in [0.29, 0.717) is 16.3 Å². The predicted octanol–water partition coefficient (Wildman–Crippen LogP) is 1.55. The van der Waals surface area contributed by atoms with Crippen LogP contribution in [0.4, 0.5) is 0 Å². The molecule has 0 radical (unpaired) electrons. The minimum absolute atomic E-state index is 0.256. The first-order valence-corrected chi connectivity index (χ1v) is 5.71. The Morgan fingerprint density at radius 2 is 2.09 bits per heavy atom. The lowest BCUT2D eigenvalue weighted by Gasteiger charge is -2.30. The zero-order chi connectivity index (χ0) is 8.43. The van der Waals surface area contributed by atoms with Crippen molar-refractivity contribution in [1.29, 1.82) is 5.41 Å². The molecule has 3 N–H and O–H groups in total. The van der Waals surface area contributed by atoms with Crippen molar-refractivity contribution in [3.63, 3.8) is 0 Å². The van der Waals surface area contributed by atoms with Gasteiger partial charge in [0.15, 0.2) is 0 Å². The molecule has 11 heavy (non-hydrogen) atoms. The summed E-state index contributed by atoms with van der Waals surface area (Å²) in [5, 5.41) is 8.88. The van der Waals surface area contributed by atoms with Gasteiger partial charge in [-0.05, 0) is 0 Å². The van der Waals surface area contributed by atoms with Crippen LogP contribution >= 0.6 is 23.5 Å². The third-order valence-electron chi connectivity index (χ3n) is 1.90. The monoisotopic (exact) mass is 190 g/mol. The average molecular weight is 190 g/mol. The Balaban J connectivity index is 2.46. The Morgan fingerprint density at radius 3 is 2.55 bits per heavy atom. The van der Waals surface area contributed by atoms with Crippen molar-refractivity contribution < 1.29 is 0 Å². The van der Waals surface area contributed by atoms with E-state index in [1.807, 2.05) is 23.5 Å². The van der Waals surface area contributed by atoms with Crippen LogP contribution in [0.25, 0.3) is 0 Å². The molecular formula is C7H14N2S2. The maximum Gasteiger partial charge on any atom is 0.105 e. The number of amidine groups is 1. The summed E-state index contributed by atoms with van der Waals surface area (Å²) in [5.41, 5.74) is 5.42. The molecule has 1 rings (SSSR count). The van der Waals surface area contributed by atoms with Crippen LogP contribution in [0, 0.1) is 5.41 Å². The van der Waals surface area contributed by atoms with Crippen LogP contribution in [0.3, 0.4) is 0 Å². The second-order valence-corrected chi connectivity index (χ2v) is 5.82. The molecule has 1 aliphatic rings. The summed E-state index contributed by atoms with van der Waals surface area (Å²) in [4.78, 5) is 0. The fraction of sp³-hybridized carbons (Fsp3) is 0.857. The van der Waals surface area contributed by atoms with Crippen LogP contribution < -0.4 is 5.73 Å². The van der Waals surface area contributed by atoms with Crippen LogP contribution in [-0.2, 0) is 0 Å². The largest absolute Gasteiger partial charge is 0.387 e. The molecule has 3 atom stereocenters. The van der Waals surface area contributed by atoms with E-state index in [2.05, 4.69) is 13.8 Å². The molecule has 0 amide bonds. The summed E-state index contributed by atoms with van der Waals surface area (Å²) in [5.74, 6) is 1.34. The molecule has 1 fully saturated rings. The Morgan fingerprint density at radius 1 is 1.45 bits per heavy atom. The van der Waals surface area contributed by atoms with Gasteiger partial charge in [-0.2, -0.15) is 11.8 Å². The van der Waals surface area contributed by atoms with E-state index < -0.39 is 0 Å². The van der Waals surface area contributed by atoms with Crippen LogP contribution in [-0.4, -0.2) is 27.3 Å². The van der Waals surface area contributed by atoms with Crippen LogP contribution in [0.2, 0.25) is 0 Å². The molecule has 3 unspecified atom stereocenters. The van der Waals surface area contributed by atoms with Gasteiger partial charge >= 0.3 is 0 Å². The predicted molar refractivity (Wildman–Crippen MR) is 54.7 cm³/mol. The van der Waals surface area contributed by atoms with Gasteiger partial charge in [-0.15, -0.1) is 11.8 Å². The summed E-state index contributed by atoms with van der Waals surface area (Å²) >= 11 is 3.75. The quantitative estimate of drug-likeness (QED) is 0.487. The summed E-state index contributed by atoms with van der Waals surface area (Å²) < 4.78 is 0. The normalized spacial score (nSPS) is 38.5. The second-order valence-electron chi connectivity index (χ2n) is 2.82. The van der Waals surface area contributed by atoms with Crippen molar-refractivity contribution in [2.45, 2.75) is 29.6 Å². The van der Waals surface area contributed by atoms with Gasteiger partial charge in [-0.1, -0.05) is 13.8 Å². The van der Waals surface area contributed by atoms with Crippen molar-refractivity contribution in [2.75, 3.05) is 5.75 Å². The Bertz CT molecular complexity index is 161. The molecule has 0 aliphatic carbocycles. The minimum Gasteiger partial charge on any atom is -0.387 e. The zero-order valence-electron chi connectivity index (χ0n) is 6.83. The van der Waals surface area contributed by atoms with Crippen molar-refractivity contribution in [2.24, 2.45) is 5.73 Å². The smallest absolute Gasteiger partial charge is 0.105 e. The lowest BCUT2D eigenvalue weighted by atomic mass is 10.3. The van der Waals surface area contributed by atoms with E-state index in [4.69, 9.17) is 11.1 Å². The third-order valence-corrected chi connectivity index (χ3v) is 5.33. The number of nitrogens with one attached hydrogen (secondary N) is 1. The molecule has 1 saturated heterocycles. The van der Waals surface area contributed by atoms with Gasteiger partial charge in [0.25, 0.3) is 0 Å². The molecule has 1 heterocycles. The van der Waals surface area contributed by atoms with Gasteiger partial charge in [0.05, 0.1) is 5.25 Å². The van der Waals surface area contributed by atoms with Crippen LogP contribution in [0.15, 0.2) is 0 Å².